The van der Waals surface area contributed by atoms with Gasteiger partial charge in [0, 0.05) is 11.1 Å². The SMILES string of the molecule is O=C1N/C(=C/c2ccc(OCc3ccccc3)c([N+](=O)[O-])c2)C(=O)N1c1cccc(Cl)c1. The summed E-state index contributed by atoms with van der Waals surface area (Å²) in [7, 11) is 0. The van der Waals surface area contributed by atoms with Gasteiger partial charge in [0.05, 0.1) is 10.6 Å². The summed E-state index contributed by atoms with van der Waals surface area (Å²) in [5.41, 5.74) is 1.29. The minimum atomic E-state index is -0.638. The lowest BCUT2D eigenvalue weighted by molar-refractivity contribution is -0.386. The third-order valence-electron chi connectivity index (χ3n) is 4.67. The Morgan fingerprint density at radius 3 is 2.53 bits per heavy atom. The minimum absolute atomic E-state index is 0.0118. The first-order valence-electron chi connectivity index (χ1n) is 9.50. The first-order chi connectivity index (χ1) is 15.4. The molecule has 0 bridgehead atoms. The fourth-order valence-electron chi connectivity index (χ4n) is 3.18. The molecule has 0 radical (unpaired) electrons. The fourth-order valence-corrected chi connectivity index (χ4v) is 3.36. The number of nitro benzene ring substituents is 1. The number of rotatable bonds is 6. The number of urea groups is 1. The molecule has 9 heteroatoms. The maximum atomic E-state index is 12.7. The van der Waals surface area contributed by atoms with Crippen LogP contribution in [0, 0.1) is 10.1 Å². The van der Waals surface area contributed by atoms with Crippen LogP contribution in [0.4, 0.5) is 16.2 Å². The second kappa shape index (κ2) is 8.91. The first kappa shape index (κ1) is 21.1. The van der Waals surface area contributed by atoms with Crippen LogP contribution < -0.4 is 15.0 Å². The molecule has 1 N–H and O–H groups in total. The number of carbonyl (C=O) groups excluding carboxylic acids is 2. The lowest BCUT2D eigenvalue weighted by Gasteiger charge is -2.11. The third kappa shape index (κ3) is 4.45. The van der Waals surface area contributed by atoms with Crippen LogP contribution in [-0.2, 0) is 11.4 Å². The fraction of sp³-hybridized carbons (Fsp3) is 0.0435. The summed E-state index contributed by atoms with van der Waals surface area (Å²) in [4.78, 5) is 37.0. The Bertz CT molecular complexity index is 1240. The zero-order valence-electron chi connectivity index (χ0n) is 16.5. The van der Waals surface area contributed by atoms with Crippen molar-refractivity contribution in [1.82, 2.24) is 5.32 Å². The van der Waals surface area contributed by atoms with Gasteiger partial charge in [0.1, 0.15) is 12.3 Å². The van der Waals surface area contributed by atoms with Crippen LogP contribution in [0.2, 0.25) is 5.02 Å². The van der Waals surface area contributed by atoms with E-state index in [2.05, 4.69) is 5.32 Å². The van der Waals surface area contributed by atoms with Crippen LogP contribution in [0.15, 0.2) is 78.5 Å². The molecule has 0 unspecified atom stereocenters. The molecule has 1 fully saturated rings. The second-order valence-corrected chi connectivity index (χ2v) is 7.30. The predicted molar refractivity (Wildman–Crippen MR) is 119 cm³/mol. The summed E-state index contributed by atoms with van der Waals surface area (Å²) < 4.78 is 5.61. The second-order valence-electron chi connectivity index (χ2n) is 6.87. The lowest BCUT2D eigenvalue weighted by Crippen LogP contribution is -2.30. The number of imide groups is 1. The van der Waals surface area contributed by atoms with E-state index >= 15 is 0 Å². The molecule has 0 saturated carbocycles. The first-order valence-corrected chi connectivity index (χ1v) is 9.88. The highest BCUT2D eigenvalue weighted by Crippen LogP contribution is 2.30. The number of ether oxygens (including phenoxy) is 1. The molecule has 1 saturated heterocycles. The van der Waals surface area contributed by atoms with Gasteiger partial charge in [0.2, 0.25) is 0 Å². The van der Waals surface area contributed by atoms with Crippen LogP contribution in [0.3, 0.4) is 0 Å². The van der Waals surface area contributed by atoms with Gasteiger partial charge in [-0.05, 0) is 41.5 Å². The quantitative estimate of drug-likeness (QED) is 0.249. The van der Waals surface area contributed by atoms with Gasteiger partial charge in [-0.25, -0.2) is 9.69 Å². The number of nitrogens with one attached hydrogen (secondary N) is 1. The molecule has 0 spiro atoms. The van der Waals surface area contributed by atoms with Gasteiger partial charge in [-0.1, -0.05) is 54.1 Å². The van der Waals surface area contributed by atoms with E-state index in [0.717, 1.165) is 10.5 Å². The van der Waals surface area contributed by atoms with Gasteiger partial charge < -0.3 is 10.1 Å². The van der Waals surface area contributed by atoms with Crippen LogP contribution in [0.5, 0.6) is 5.75 Å². The topological polar surface area (TPSA) is 102 Å². The monoisotopic (exact) mass is 449 g/mol. The summed E-state index contributed by atoms with van der Waals surface area (Å²) in [6.07, 6.45) is 1.37. The highest BCUT2D eigenvalue weighted by atomic mass is 35.5. The molecule has 0 atom stereocenters. The Kier molecular flexibility index (Phi) is 5.87. The Morgan fingerprint density at radius 1 is 1.03 bits per heavy atom. The number of anilines is 1. The molecule has 1 aliphatic heterocycles. The molecule has 160 valence electrons. The van der Waals surface area contributed by atoms with Crippen LogP contribution in [-0.4, -0.2) is 16.9 Å². The van der Waals surface area contributed by atoms with E-state index in [9.17, 15) is 19.7 Å². The van der Waals surface area contributed by atoms with Crippen molar-refractivity contribution in [3.8, 4) is 5.75 Å². The molecule has 3 amide bonds. The number of amides is 3. The minimum Gasteiger partial charge on any atom is -0.482 e. The predicted octanol–water partition coefficient (Wildman–Crippen LogP) is 4.92. The van der Waals surface area contributed by atoms with Crippen molar-refractivity contribution >= 4 is 41.0 Å². The summed E-state index contributed by atoms with van der Waals surface area (Å²) >= 11 is 5.95. The van der Waals surface area contributed by atoms with E-state index in [-0.39, 0.29) is 23.7 Å². The number of hydrogen-bond donors (Lipinski definition) is 1. The van der Waals surface area contributed by atoms with Gasteiger partial charge in [-0.2, -0.15) is 0 Å². The molecule has 3 aromatic rings. The van der Waals surface area contributed by atoms with E-state index in [1.807, 2.05) is 30.3 Å². The van der Waals surface area contributed by atoms with Crippen molar-refractivity contribution in [3.05, 3.63) is 105 Å². The summed E-state index contributed by atoms with van der Waals surface area (Å²) in [5, 5.41) is 14.4. The van der Waals surface area contributed by atoms with Gasteiger partial charge in [0.25, 0.3) is 5.91 Å². The highest BCUT2D eigenvalue weighted by molar-refractivity contribution is 6.32. The third-order valence-corrected chi connectivity index (χ3v) is 4.91. The Balaban J connectivity index is 1.58. The number of benzene rings is 3. The average molecular weight is 450 g/mol. The Hall–Kier alpha value is -4.17. The number of halogens is 1. The largest absolute Gasteiger partial charge is 0.482 e. The zero-order chi connectivity index (χ0) is 22.7. The number of hydrogen-bond acceptors (Lipinski definition) is 5. The van der Waals surface area contributed by atoms with Gasteiger partial charge in [0.15, 0.2) is 5.75 Å². The Morgan fingerprint density at radius 2 is 1.81 bits per heavy atom. The molecule has 8 nitrogen and oxygen atoms in total. The molecular formula is C23H16ClN3O5. The smallest absolute Gasteiger partial charge is 0.333 e. The van der Waals surface area contributed by atoms with Crippen molar-refractivity contribution in [2.75, 3.05) is 4.90 Å². The molecule has 1 heterocycles. The molecule has 1 aliphatic rings. The van der Waals surface area contributed by atoms with Crippen molar-refractivity contribution in [2.24, 2.45) is 0 Å². The van der Waals surface area contributed by atoms with Crippen LogP contribution in [0.25, 0.3) is 6.08 Å². The number of carbonyl (C=O) groups is 2. The van der Waals surface area contributed by atoms with Crippen molar-refractivity contribution in [1.29, 1.82) is 0 Å². The van der Waals surface area contributed by atoms with Crippen molar-refractivity contribution in [2.45, 2.75) is 6.61 Å². The Labute approximate surface area is 187 Å². The maximum absolute atomic E-state index is 12.7. The van der Waals surface area contributed by atoms with Gasteiger partial charge in [-0.15, -0.1) is 0 Å². The molecule has 0 aliphatic carbocycles. The maximum Gasteiger partial charge on any atom is 0.333 e. The molecule has 3 aromatic carbocycles. The molecule has 32 heavy (non-hydrogen) atoms. The van der Waals surface area contributed by atoms with Gasteiger partial charge in [-0.3, -0.25) is 14.9 Å². The van der Waals surface area contributed by atoms with Crippen molar-refractivity contribution < 1.29 is 19.2 Å². The standard InChI is InChI=1S/C23H16ClN3O5/c24-17-7-4-8-18(13-17)26-22(28)19(25-23(26)29)11-16-9-10-21(20(12-16)27(30)31)32-14-15-5-2-1-3-6-15/h1-13H,14H2,(H,25,29)/b19-11+. The normalized spacial score (nSPS) is 14.5. The van der Waals surface area contributed by atoms with Crippen LogP contribution in [0.1, 0.15) is 11.1 Å². The number of nitrogens with zero attached hydrogens (tertiary/aromatic N) is 2. The van der Waals surface area contributed by atoms with E-state index < -0.39 is 16.9 Å². The summed E-state index contributed by atoms with van der Waals surface area (Å²) in [6, 6.07) is 19.3. The van der Waals surface area contributed by atoms with Crippen molar-refractivity contribution in [3.63, 3.8) is 0 Å². The van der Waals surface area contributed by atoms with Gasteiger partial charge >= 0.3 is 11.7 Å². The number of nitro groups is 1. The summed E-state index contributed by atoms with van der Waals surface area (Å²) in [6.45, 7) is 0.172. The summed E-state index contributed by atoms with van der Waals surface area (Å²) in [5.74, 6) is -0.493. The van der Waals surface area contributed by atoms with E-state index in [1.165, 1.54) is 24.3 Å². The highest BCUT2D eigenvalue weighted by Gasteiger charge is 2.35. The van der Waals surface area contributed by atoms with E-state index in [1.54, 1.807) is 24.3 Å². The molecule has 4 rings (SSSR count). The van der Waals surface area contributed by atoms with E-state index in [4.69, 9.17) is 16.3 Å². The van der Waals surface area contributed by atoms with Crippen LogP contribution >= 0.6 is 11.6 Å². The molecule has 0 aromatic heterocycles. The van der Waals surface area contributed by atoms with E-state index in [0.29, 0.717) is 16.3 Å². The lowest BCUT2D eigenvalue weighted by atomic mass is 10.1. The zero-order valence-corrected chi connectivity index (χ0v) is 17.3. The molecular weight excluding hydrogens is 434 g/mol. The average Bonchev–Trinajstić information content (AvgIpc) is 3.06.